The number of nitrogens with zero attached hydrogens (tertiary/aromatic N) is 1. The molecule has 0 bridgehead atoms. The van der Waals surface area contributed by atoms with Crippen molar-refractivity contribution in [1.29, 1.82) is 0 Å². The van der Waals surface area contributed by atoms with Crippen molar-refractivity contribution in [2.45, 2.75) is 32.7 Å². The van der Waals surface area contributed by atoms with Crippen molar-refractivity contribution in [2.75, 3.05) is 33.9 Å². The lowest BCUT2D eigenvalue weighted by Gasteiger charge is -2.27. The second kappa shape index (κ2) is 13.9. The summed E-state index contributed by atoms with van der Waals surface area (Å²) in [5, 5.41) is 9.25. The van der Waals surface area contributed by atoms with E-state index >= 15 is 0 Å². The number of guanidine groups is 1. The first-order chi connectivity index (χ1) is 15.3. The van der Waals surface area contributed by atoms with Crippen molar-refractivity contribution in [3.05, 3.63) is 59.4 Å². The molecular formula is C24H34FIN4O3. The molecule has 33 heavy (non-hydrogen) atoms. The molecule has 1 amide bonds. The molecule has 0 fully saturated rings. The van der Waals surface area contributed by atoms with Crippen LogP contribution in [0.2, 0.25) is 0 Å². The molecule has 9 heteroatoms. The molecule has 0 heterocycles. The van der Waals surface area contributed by atoms with Crippen molar-refractivity contribution in [1.82, 2.24) is 16.0 Å². The van der Waals surface area contributed by atoms with Gasteiger partial charge in [0.1, 0.15) is 5.82 Å². The predicted molar refractivity (Wildman–Crippen MR) is 140 cm³/mol. The van der Waals surface area contributed by atoms with Gasteiger partial charge in [-0.3, -0.25) is 9.79 Å². The largest absolute Gasteiger partial charge is 0.493 e. The number of amides is 1. The number of halogens is 2. The number of ether oxygens (including phenoxy) is 2. The van der Waals surface area contributed by atoms with Gasteiger partial charge in [-0.2, -0.15) is 0 Å². The van der Waals surface area contributed by atoms with E-state index in [1.54, 1.807) is 32.4 Å². The van der Waals surface area contributed by atoms with E-state index in [1.165, 1.54) is 6.07 Å². The summed E-state index contributed by atoms with van der Waals surface area (Å²) in [5.74, 6) is 1.25. The van der Waals surface area contributed by atoms with Crippen molar-refractivity contribution in [2.24, 2.45) is 4.99 Å². The minimum atomic E-state index is -0.286. The van der Waals surface area contributed by atoms with E-state index in [0.717, 1.165) is 11.1 Å². The van der Waals surface area contributed by atoms with Gasteiger partial charge in [-0.1, -0.05) is 32.0 Å². The Kier molecular flexibility index (Phi) is 12.0. The summed E-state index contributed by atoms with van der Waals surface area (Å²) < 4.78 is 24.5. The Labute approximate surface area is 212 Å². The number of aliphatic imine (C=N–C) groups is 1. The SMILES string of the molecule is CCNC(=O)COc1ccc(CNC(=NC)NCC(C)(C)c2cccc(F)c2)cc1OC.I. The van der Waals surface area contributed by atoms with Gasteiger partial charge in [0.2, 0.25) is 0 Å². The Bertz CT molecular complexity index is 938. The van der Waals surface area contributed by atoms with E-state index in [2.05, 4.69) is 20.9 Å². The second-order valence-corrected chi connectivity index (χ2v) is 7.90. The number of rotatable bonds is 10. The van der Waals surface area contributed by atoms with E-state index in [1.807, 2.05) is 39.0 Å². The molecule has 0 aliphatic heterocycles. The molecular weight excluding hydrogens is 538 g/mol. The highest BCUT2D eigenvalue weighted by Crippen LogP contribution is 2.28. The Morgan fingerprint density at radius 3 is 2.48 bits per heavy atom. The molecule has 3 N–H and O–H groups in total. The number of likely N-dealkylation sites (N-methyl/N-ethyl adjacent to an activating group) is 1. The normalized spacial score (nSPS) is 11.3. The number of carbonyl (C=O) groups excluding carboxylic acids is 1. The zero-order valence-electron chi connectivity index (χ0n) is 19.8. The number of hydrogen-bond donors (Lipinski definition) is 3. The van der Waals surface area contributed by atoms with Gasteiger partial charge in [0.15, 0.2) is 24.1 Å². The van der Waals surface area contributed by atoms with Crippen LogP contribution in [0.25, 0.3) is 0 Å². The zero-order valence-corrected chi connectivity index (χ0v) is 22.2. The van der Waals surface area contributed by atoms with Crippen LogP contribution in [0.4, 0.5) is 4.39 Å². The molecule has 0 saturated carbocycles. The van der Waals surface area contributed by atoms with Crippen LogP contribution in [0.15, 0.2) is 47.5 Å². The number of carbonyl (C=O) groups is 1. The van der Waals surface area contributed by atoms with Crippen molar-refractivity contribution in [3.63, 3.8) is 0 Å². The number of benzene rings is 2. The fourth-order valence-corrected chi connectivity index (χ4v) is 3.06. The standard InChI is InChI=1S/C24H33FN4O3.HI/c1-6-27-22(30)15-32-20-11-10-17(12-21(20)31-5)14-28-23(26-4)29-16-24(2,3)18-8-7-9-19(25)13-18;/h7-13H,6,14-16H2,1-5H3,(H,27,30)(H2,26,28,29);1H. The molecule has 7 nitrogen and oxygen atoms in total. The highest BCUT2D eigenvalue weighted by atomic mass is 127. The third kappa shape index (κ3) is 9.07. The maximum atomic E-state index is 13.6. The summed E-state index contributed by atoms with van der Waals surface area (Å²) in [7, 11) is 3.25. The summed E-state index contributed by atoms with van der Waals surface area (Å²) in [6, 6.07) is 12.2. The van der Waals surface area contributed by atoms with Gasteiger partial charge < -0.3 is 25.4 Å². The molecule has 0 aromatic heterocycles. The van der Waals surface area contributed by atoms with Crippen LogP contribution < -0.4 is 25.4 Å². The average molecular weight is 572 g/mol. The first-order valence-corrected chi connectivity index (χ1v) is 10.6. The van der Waals surface area contributed by atoms with Crippen molar-refractivity contribution < 1.29 is 18.7 Å². The molecule has 0 radical (unpaired) electrons. The molecule has 0 aliphatic carbocycles. The van der Waals surface area contributed by atoms with E-state index in [-0.39, 0.29) is 47.7 Å². The third-order valence-electron chi connectivity index (χ3n) is 4.95. The van der Waals surface area contributed by atoms with Crippen LogP contribution in [0.5, 0.6) is 11.5 Å². The van der Waals surface area contributed by atoms with Crippen LogP contribution in [-0.4, -0.2) is 45.7 Å². The van der Waals surface area contributed by atoms with Gasteiger partial charge in [-0.15, -0.1) is 24.0 Å². The Balaban J connectivity index is 0.00000544. The lowest BCUT2D eigenvalue weighted by molar-refractivity contribution is -0.123. The van der Waals surface area contributed by atoms with Crippen LogP contribution in [-0.2, 0) is 16.8 Å². The Morgan fingerprint density at radius 1 is 1.09 bits per heavy atom. The van der Waals surface area contributed by atoms with E-state index in [4.69, 9.17) is 9.47 Å². The summed E-state index contributed by atoms with van der Waals surface area (Å²) >= 11 is 0. The minimum Gasteiger partial charge on any atom is -0.493 e. The quantitative estimate of drug-likeness (QED) is 0.230. The molecule has 2 aromatic rings. The monoisotopic (exact) mass is 572 g/mol. The third-order valence-corrected chi connectivity index (χ3v) is 4.95. The fourth-order valence-electron chi connectivity index (χ4n) is 3.06. The molecule has 182 valence electrons. The van der Waals surface area contributed by atoms with Gasteiger partial charge in [-0.25, -0.2) is 4.39 Å². The number of nitrogens with one attached hydrogen (secondary N) is 3. The van der Waals surface area contributed by atoms with E-state index in [0.29, 0.717) is 37.1 Å². The smallest absolute Gasteiger partial charge is 0.257 e. The molecule has 0 atom stereocenters. The highest BCUT2D eigenvalue weighted by molar-refractivity contribution is 14.0. The maximum Gasteiger partial charge on any atom is 0.257 e. The summed E-state index contributed by atoms with van der Waals surface area (Å²) in [6.45, 7) is 7.52. The fraction of sp³-hybridized carbons (Fsp3) is 0.417. The lowest BCUT2D eigenvalue weighted by Crippen LogP contribution is -2.43. The summed E-state index contributed by atoms with van der Waals surface area (Å²) in [6.07, 6.45) is 0. The Morgan fingerprint density at radius 2 is 1.85 bits per heavy atom. The topological polar surface area (TPSA) is 84.0 Å². The summed E-state index contributed by atoms with van der Waals surface area (Å²) in [4.78, 5) is 15.9. The van der Waals surface area contributed by atoms with Gasteiger partial charge in [0.25, 0.3) is 5.91 Å². The van der Waals surface area contributed by atoms with Crippen LogP contribution in [0, 0.1) is 5.82 Å². The Hall–Kier alpha value is -2.56. The van der Waals surface area contributed by atoms with Crippen molar-refractivity contribution >= 4 is 35.8 Å². The molecule has 0 aliphatic rings. The van der Waals surface area contributed by atoms with Gasteiger partial charge in [-0.05, 0) is 42.3 Å². The van der Waals surface area contributed by atoms with Gasteiger partial charge >= 0.3 is 0 Å². The van der Waals surface area contributed by atoms with Gasteiger partial charge in [0.05, 0.1) is 7.11 Å². The first kappa shape index (κ1) is 28.5. The van der Waals surface area contributed by atoms with Gasteiger partial charge in [0, 0.05) is 32.1 Å². The van der Waals surface area contributed by atoms with Crippen molar-refractivity contribution in [3.8, 4) is 11.5 Å². The summed E-state index contributed by atoms with van der Waals surface area (Å²) in [5.41, 5.74) is 1.58. The van der Waals surface area contributed by atoms with Crippen LogP contribution in [0.1, 0.15) is 31.9 Å². The average Bonchev–Trinajstić information content (AvgIpc) is 2.78. The number of hydrogen-bond acceptors (Lipinski definition) is 4. The zero-order chi connectivity index (χ0) is 23.6. The molecule has 2 aromatic carbocycles. The van der Waals surface area contributed by atoms with Crippen LogP contribution >= 0.6 is 24.0 Å². The second-order valence-electron chi connectivity index (χ2n) is 7.90. The lowest BCUT2D eigenvalue weighted by atomic mass is 9.84. The maximum absolute atomic E-state index is 13.6. The molecule has 0 spiro atoms. The molecule has 0 saturated heterocycles. The van der Waals surface area contributed by atoms with E-state index < -0.39 is 0 Å². The first-order valence-electron chi connectivity index (χ1n) is 10.6. The van der Waals surface area contributed by atoms with E-state index in [9.17, 15) is 9.18 Å². The molecule has 0 unspecified atom stereocenters. The molecule has 2 rings (SSSR count). The number of methoxy groups -OCH3 is 1. The highest BCUT2D eigenvalue weighted by Gasteiger charge is 2.21. The van der Waals surface area contributed by atoms with Crippen LogP contribution in [0.3, 0.4) is 0 Å². The minimum absolute atomic E-state index is 0. The predicted octanol–water partition coefficient (Wildman–Crippen LogP) is 3.61.